The van der Waals surface area contributed by atoms with E-state index >= 15 is 0 Å². The van der Waals surface area contributed by atoms with Gasteiger partial charge in [0.05, 0.1) is 0 Å². The number of nitrogens with two attached hydrogens (primary N) is 1. The van der Waals surface area contributed by atoms with Crippen LogP contribution in [0.3, 0.4) is 0 Å². The van der Waals surface area contributed by atoms with Crippen LogP contribution in [0, 0.1) is 0 Å². The Labute approximate surface area is 127 Å². The zero-order chi connectivity index (χ0) is 13.9. The summed E-state index contributed by atoms with van der Waals surface area (Å²) >= 11 is 3.49. The predicted octanol–water partition coefficient (Wildman–Crippen LogP) is 2.90. The van der Waals surface area contributed by atoms with Gasteiger partial charge in [-0.3, -0.25) is 9.88 Å². The van der Waals surface area contributed by atoms with E-state index in [0.717, 1.165) is 24.0 Å². The third-order valence-electron chi connectivity index (χ3n) is 3.94. The summed E-state index contributed by atoms with van der Waals surface area (Å²) < 4.78 is 1.01. The van der Waals surface area contributed by atoms with Gasteiger partial charge >= 0.3 is 0 Å². The lowest BCUT2D eigenvalue weighted by atomic mass is 9.97. The number of fused-ring (bicyclic) bond motifs is 1. The fourth-order valence-corrected chi connectivity index (χ4v) is 3.27. The van der Waals surface area contributed by atoms with E-state index in [0.29, 0.717) is 6.54 Å². The maximum atomic E-state index is 6.02. The molecule has 0 saturated heterocycles. The Hall–Kier alpha value is -1.23. The molecule has 1 aliphatic heterocycles. The van der Waals surface area contributed by atoms with Crippen LogP contribution in [0.4, 0.5) is 0 Å². The average Bonchev–Trinajstić information content (AvgIpc) is 2.48. The molecule has 0 bridgehead atoms. The molecule has 0 saturated carbocycles. The number of benzene rings is 1. The fraction of sp³-hybridized carbons (Fsp3) is 0.312. The number of halogens is 1. The molecule has 1 aromatic carbocycles. The van der Waals surface area contributed by atoms with Gasteiger partial charge in [-0.15, -0.1) is 0 Å². The van der Waals surface area contributed by atoms with Crippen molar-refractivity contribution in [2.24, 2.45) is 5.73 Å². The van der Waals surface area contributed by atoms with Crippen molar-refractivity contribution >= 4 is 15.9 Å². The minimum Gasteiger partial charge on any atom is -0.329 e. The summed E-state index contributed by atoms with van der Waals surface area (Å²) in [5.74, 6) is 0. The standard InChI is InChI=1S/C16H18BrN3/c17-15-7-14(9-19-10-15)16(8-18)20-6-5-12-3-1-2-4-13(12)11-20/h1-4,7,9-10,16H,5-6,8,11,18H2. The second-order valence-electron chi connectivity index (χ2n) is 5.18. The third-order valence-corrected chi connectivity index (χ3v) is 4.37. The van der Waals surface area contributed by atoms with Crippen molar-refractivity contribution in [2.75, 3.05) is 13.1 Å². The van der Waals surface area contributed by atoms with Gasteiger partial charge in [0, 0.05) is 42.5 Å². The minimum atomic E-state index is 0.230. The first-order valence-electron chi connectivity index (χ1n) is 6.89. The van der Waals surface area contributed by atoms with E-state index in [1.807, 2.05) is 12.4 Å². The zero-order valence-electron chi connectivity index (χ0n) is 11.3. The smallest absolute Gasteiger partial charge is 0.0489 e. The van der Waals surface area contributed by atoms with Crippen molar-refractivity contribution < 1.29 is 0 Å². The number of rotatable bonds is 3. The molecular formula is C16H18BrN3. The molecule has 1 aliphatic rings. The molecule has 3 nitrogen and oxygen atoms in total. The molecule has 20 heavy (non-hydrogen) atoms. The number of nitrogens with zero attached hydrogens (tertiary/aromatic N) is 2. The van der Waals surface area contributed by atoms with E-state index in [9.17, 15) is 0 Å². The molecule has 0 amide bonds. The van der Waals surface area contributed by atoms with Gasteiger partial charge in [-0.1, -0.05) is 24.3 Å². The Balaban J connectivity index is 1.85. The Morgan fingerprint density at radius 3 is 2.80 bits per heavy atom. The van der Waals surface area contributed by atoms with Crippen LogP contribution in [-0.4, -0.2) is 23.0 Å². The lowest BCUT2D eigenvalue weighted by Gasteiger charge is -2.35. The zero-order valence-corrected chi connectivity index (χ0v) is 12.9. The molecule has 0 radical (unpaired) electrons. The van der Waals surface area contributed by atoms with E-state index in [1.54, 1.807) is 0 Å². The van der Waals surface area contributed by atoms with Gasteiger partial charge in [0.1, 0.15) is 0 Å². The molecule has 0 spiro atoms. The average molecular weight is 332 g/mol. The maximum absolute atomic E-state index is 6.02. The van der Waals surface area contributed by atoms with E-state index in [2.05, 4.69) is 56.1 Å². The lowest BCUT2D eigenvalue weighted by molar-refractivity contribution is 0.183. The summed E-state index contributed by atoms with van der Waals surface area (Å²) in [6.45, 7) is 2.62. The molecule has 104 valence electrons. The van der Waals surface area contributed by atoms with Crippen LogP contribution in [0.5, 0.6) is 0 Å². The van der Waals surface area contributed by atoms with Crippen molar-refractivity contribution in [3.05, 3.63) is 63.9 Å². The maximum Gasteiger partial charge on any atom is 0.0489 e. The van der Waals surface area contributed by atoms with Crippen molar-refractivity contribution in [1.82, 2.24) is 9.88 Å². The van der Waals surface area contributed by atoms with Crippen LogP contribution in [-0.2, 0) is 13.0 Å². The summed E-state index contributed by atoms with van der Waals surface area (Å²) in [5.41, 5.74) is 10.1. The summed E-state index contributed by atoms with van der Waals surface area (Å²) in [7, 11) is 0. The SMILES string of the molecule is NCC(c1cncc(Br)c1)N1CCc2ccccc2C1. The number of aromatic nitrogens is 1. The highest BCUT2D eigenvalue weighted by molar-refractivity contribution is 9.10. The normalized spacial score (nSPS) is 16.7. The van der Waals surface area contributed by atoms with Gasteiger partial charge in [-0.2, -0.15) is 0 Å². The first-order chi connectivity index (χ1) is 9.78. The van der Waals surface area contributed by atoms with E-state index in [1.165, 1.54) is 16.7 Å². The Kier molecular flexibility index (Phi) is 4.15. The molecule has 0 fully saturated rings. The Bertz CT molecular complexity index is 600. The number of pyridine rings is 1. The molecule has 4 heteroatoms. The Morgan fingerprint density at radius 1 is 1.25 bits per heavy atom. The minimum absolute atomic E-state index is 0.230. The van der Waals surface area contributed by atoms with E-state index in [4.69, 9.17) is 5.73 Å². The van der Waals surface area contributed by atoms with Crippen molar-refractivity contribution in [3.8, 4) is 0 Å². The summed E-state index contributed by atoms with van der Waals surface area (Å²) in [4.78, 5) is 6.71. The van der Waals surface area contributed by atoms with Gasteiger partial charge in [-0.25, -0.2) is 0 Å². The summed E-state index contributed by atoms with van der Waals surface area (Å²) in [6, 6.07) is 11.0. The third kappa shape index (κ3) is 2.77. The summed E-state index contributed by atoms with van der Waals surface area (Å²) in [6.07, 6.45) is 4.82. The molecule has 3 rings (SSSR count). The van der Waals surface area contributed by atoms with Crippen LogP contribution in [0.15, 0.2) is 47.2 Å². The molecular weight excluding hydrogens is 314 g/mol. The van der Waals surface area contributed by atoms with Crippen LogP contribution in [0.25, 0.3) is 0 Å². The van der Waals surface area contributed by atoms with Gasteiger partial charge in [0.15, 0.2) is 0 Å². The van der Waals surface area contributed by atoms with E-state index in [-0.39, 0.29) is 6.04 Å². The van der Waals surface area contributed by atoms with Gasteiger partial charge < -0.3 is 5.73 Å². The molecule has 2 N–H and O–H groups in total. The molecule has 0 aliphatic carbocycles. The monoisotopic (exact) mass is 331 g/mol. The van der Waals surface area contributed by atoms with Gasteiger partial charge in [0.2, 0.25) is 0 Å². The quantitative estimate of drug-likeness (QED) is 0.940. The summed E-state index contributed by atoms with van der Waals surface area (Å²) in [5, 5.41) is 0. The van der Waals surface area contributed by atoms with Crippen LogP contribution < -0.4 is 5.73 Å². The molecule has 1 atom stereocenters. The van der Waals surface area contributed by atoms with Crippen molar-refractivity contribution in [1.29, 1.82) is 0 Å². The fourth-order valence-electron chi connectivity index (χ4n) is 2.89. The Morgan fingerprint density at radius 2 is 2.05 bits per heavy atom. The first-order valence-corrected chi connectivity index (χ1v) is 7.68. The van der Waals surface area contributed by atoms with Crippen LogP contribution in [0.2, 0.25) is 0 Å². The van der Waals surface area contributed by atoms with E-state index < -0.39 is 0 Å². The molecule has 1 unspecified atom stereocenters. The predicted molar refractivity (Wildman–Crippen MR) is 84.3 cm³/mol. The highest BCUT2D eigenvalue weighted by Gasteiger charge is 2.23. The molecule has 1 aromatic heterocycles. The number of hydrogen-bond acceptors (Lipinski definition) is 3. The lowest BCUT2D eigenvalue weighted by Crippen LogP contribution is -2.37. The topological polar surface area (TPSA) is 42.1 Å². The van der Waals surface area contributed by atoms with Crippen LogP contribution >= 0.6 is 15.9 Å². The highest BCUT2D eigenvalue weighted by Crippen LogP contribution is 2.27. The van der Waals surface area contributed by atoms with Crippen molar-refractivity contribution in [3.63, 3.8) is 0 Å². The molecule has 2 aromatic rings. The largest absolute Gasteiger partial charge is 0.329 e. The van der Waals surface area contributed by atoms with Crippen molar-refractivity contribution in [2.45, 2.75) is 19.0 Å². The second-order valence-corrected chi connectivity index (χ2v) is 6.09. The van der Waals surface area contributed by atoms with Crippen LogP contribution in [0.1, 0.15) is 22.7 Å². The molecule has 2 heterocycles. The number of hydrogen-bond donors (Lipinski definition) is 1. The van der Waals surface area contributed by atoms with Gasteiger partial charge in [-0.05, 0) is 45.1 Å². The highest BCUT2D eigenvalue weighted by atomic mass is 79.9. The first kappa shape index (κ1) is 13.7. The van der Waals surface area contributed by atoms with Gasteiger partial charge in [0.25, 0.3) is 0 Å². The second kappa shape index (κ2) is 6.04.